The average Bonchev–Trinajstić information content (AvgIpc) is 2.98. The van der Waals surface area contributed by atoms with Crippen LogP contribution in [0.15, 0.2) is 54.6 Å². The Morgan fingerprint density at radius 1 is 0.893 bits per heavy atom. The first kappa shape index (κ1) is 18.8. The van der Waals surface area contributed by atoms with Crippen molar-refractivity contribution in [2.24, 2.45) is 0 Å². The van der Waals surface area contributed by atoms with E-state index in [1.54, 1.807) is 48.5 Å². The van der Waals surface area contributed by atoms with Crippen molar-refractivity contribution < 1.29 is 13.2 Å². The quantitative estimate of drug-likeness (QED) is 0.359. The van der Waals surface area contributed by atoms with Gasteiger partial charge in [0.05, 0.1) is 28.0 Å². The highest BCUT2D eigenvalue weighted by molar-refractivity contribution is 6.30. The standard InChI is InChI=1S/C20H12Cl2F3N3/c1-11-18-16(20(23,24)25)10-17(12-2-4-13(21)5-3-12)26-19(18)28(27-11)15-8-6-14(22)7-9-15/h2-10H,1H3. The maximum absolute atomic E-state index is 13.8. The molecular weight excluding hydrogens is 410 g/mol. The molecule has 2 heterocycles. The van der Waals surface area contributed by atoms with Gasteiger partial charge in [0, 0.05) is 15.6 Å². The van der Waals surface area contributed by atoms with Gasteiger partial charge >= 0.3 is 6.18 Å². The fourth-order valence-corrected chi connectivity index (χ4v) is 3.30. The van der Waals surface area contributed by atoms with Crippen LogP contribution in [0.4, 0.5) is 13.2 Å². The molecule has 28 heavy (non-hydrogen) atoms. The second kappa shape index (κ2) is 6.79. The first-order valence-electron chi connectivity index (χ1n) is 8.23. The second-order valence-electron chi connectivity index (χ2n) is 6.23. The minimum atomic E-state index is -4.55. The van der Waals surface area contributed by atoms with Gasteiger partial charge in [0.1, 0.15) is 0 Å². The molecule has 0 N–H and O–H groups in total. The maximum Gasteiger partial charge on any atom is 0.417 e. The van der Waals surface area contributed by atoms with Crippen LogP contribution in [0.1, 0.15) is 11.3 Å². The lowest BCUT2D eigenvalue weighted by Gasteiger charge is -2.12. The molecule has 0 spiro atoms. The van der Waals surface area contributed by atoms with Crippen molar-refractivity contribution in [2.75, 3.05) is 0 Å². The van der Waals surface area contributed by atoms with Gasteiger partial charge in [0.25, 0.3) is 0 Å². The number of fused-ring (bicyclic) bond motifs is 1. The zero-order chi connectivity index (χ0) is 20.1. The lowest BCUT2D eigenvalue weighted by Crippen LogP contribution is -2.08. The lowest BCUT2D eigenvalue weighted by molar-refractivity contribution is -0.136. The molecule has 142 valence electrons. The normalized spacial score (nSPS) is 11.9. The van der Waals surface area contributed by atoms with Gasteiger partial charge in [-0.1, -0.05) is 35.3 Å². The van der Waals surface area contributed by atoms with Crippen molar-refractivity contribution in [3.63, 3.8) is 0 Å². The Hall–Kier alpha value is -2.57. The van der Waals surface area contributed by atoms with E-state index in [4.69, 9.17) is 23.2 Å². The van der Waals surface area contributed by atoms with Gasteiger partial charge in [-0.25, -0.2) is 9.67 Å². The van der Waals surface area contributed by atoms with Crippen LogP contribution in [0.25, 0.3) is 28.0 Å². The summed E-state index contributed by atoms with van der Waals surface area (Å²) in [5, 5.41) is 5.28. The zero-order valence-electron chi connectivity index (χ0n) is 14.4. The summed E-state index contributed by atoms with van der Waals surface area (Å²) in [5.74, 6) is 0. The van der Waals surface area contributed by atoms with E-state index < -0.39 is 11.7 Å². The number of hydrogen-bond acceptors (Lipinski definition) is 2. The van der Waals surface area contributed by atoms with Crippen LogP contribution in [-0.2, 0) is 6.18 Å². The molecule has 0 radical (unpaired) electrons. The Balaban J connectivity index is 2.04. The number of benzene rings is 2. The maximum atomic E-state index is 13.8. The van der Waals surface area contributed by atoms with Gasteiger partial charge < -0.3 is 0 Å². The summed E-state index contributed by atoms with van der Waals surface area (Å²) in [4.78, 5) is 4.49. The summed E-state index contributed by atoms with van der Waals surface area (Å²) in [6.45, 7) is 1.54. The molecule has 0 unspecified atom stereocenters. The van der Waals surface area contributed by atoms with Crippen LogP contribution in [0.3, 0.4) is 0 Å². The van der Waals surface area contributed by atoms with Crippen LogP contribution in [-0.4, -0.2) is 14.8 Å². The number of aryl methyl sites for hydroxylation is 1. The third-order valence-electron chi connectivity index (χ3n) is 4.33. The largest absolute Gasteiger partial charge is 0.417 e. The summed E-state index contributed by atoms with van der Waals surface area (Å²) >= 11 is 11.8. The summed E-state index contributed by atoms with van der Waals surface area (Å²) in [5.41, 5.74) is 0.869. The molecule has 0 amide bonds. The van der Waals surface area contributed by atoms with Gasteiger partial charge in [-0.05, 0) is 49.4 Å². The van der Waals surface area contributed by atoms with E-state index in [2.05, 4.69) is 10.1 Å². The molecule has 4 aromatic rings. The van der Waals surface area contributed by atoms with E-state index in [9.17, 15) is 13.2 Å². The Morgan fingerprint density at radius 2 is 1.46 bits per heavy atom. The Bertz CT molecular complexity index is 1160. The third-order valence-corrected chi connectivity index (χ3v) is 4.83. The van der Waals surface area contributed by atoms with Crippen LogP contribution < -0.4 is 0 Å². The molecule has 0 aliphatic heterocycles. The predicted molar refractivity (Wildman–Crippen MR) is 104 cm³/mol. The lowest BCUT2D eigenvalue weighted by atomic mass is 10.1. The molecule has 0 aliphatic rings. The summed E-state index contributed by atoms with van der Waals surface area (Å²) in [7, 11) is 0. The Labute approximate surface area is 168 Å². The van der Waals surface area contributed by atoms with E-state index in [-0.39, 0.29) is 22.4 Å². The van der Waals surface area contributed by atoms with E-state index in [0.29, 0.717) is 21.3 Å². The molecular formula is C20H12Cl2F3N3. The number of pyridine rings is 1. The molecule has 2 aromatic heterocycles. The SMILES string of the molecule is Cc1nn(-c2ccc(Cl)cc2)c2nc(-c3ccc(Cl)cc3)cc(C(F)(F)F)c12. The topological polar surface area (TPSA) is 30.7 Å². The van der Waals surface area contributed by atoms with Crippen molar-refractivity contribution in [1.29, 1.82) is 0 Å². The molecule has 0 saturated heterocycles. The first-order chi connectivity index (χ1) is 13.2. The predicted octanol–water partition coefficient (Wildman–Crippen LogP) is 6.72. The van der Waals surface area contributed by atoms with E-state index in [1.165, 1.54) is 11.6 Å². The van der Waals surface area contributed by atoms with Gasteiger partial charge in [-0.2, -0.15) is 18.3 Å². The van der Waals surface area contributed by atoms with Crippen molar-refractivity contribution in [2.45, 2.75) is 13.1 Å². The molecule has 2 aromatic carbocycles. The van der Waals surface area contributed by atoms with Crippen molar-refractivity contribution in [3.05, 3.63) is 75.9 Å². The molecule has 0 fully saturated rings. The van der Waals surface area contributed by atoms with Crippen LogP contribution >= 0.6 is 23.2 Å². The number of halogens is 5. The van der Waals surface area contributed by atoms with Gasteiger partial charge in [-0.3, -0.25) is 0 Å². The van der Waals surface area contributed by atoms with Crippen LogP contribution in [0.2, 0.25) is 10.0 Å². The smallest absolute Gasteiger partial charge is 0.228 e. The molecule has 3 nitrogen and oxygen atoms in total. The van der Waals surface area contributed by atoms with Crippen molar-refractivity contribution in [3.8, 4) is 16.9 Å². The molecule has 4 rings (SSSR count). The zero-order valence-corrected chi connectivity index (χ0v) is 15.9. The summed E-state index contributed by atoms with van der Waals surface area (Å²) in [6.07, 6.45) is -4.55. The summed E-state index contributed by atoms with van der Waals surface area (Å²) in [6, 6.07) is 14.2. The van der Waals surface area contributed by atoms with E-state index in [1.807, 2.05) is 0 Å². The van der Waals surface area contributed by atoms with Crippen LogP contribution in [0.5, 0.6) is 0 Å². The molecule has 8 heteroatoms. The second-order valence-corrected chi connectivity index (χ2v) is 7.10. The average molecular weight is 422 g/mol. The van der Waals surface area contributed by atoms with E-state index >= 15 is 0 Å². The van der Waals surface area contributed by atoms with E-state index in [0.717, 1.165) is 6.07 Å². The minimum absolute atomic E-state index is 0.0276. The summed E-state index contributed by atoms with van der Waals surface area (Å²) < 4.78 is 42.9. The number of nitrogens with zero attached hydrogens (tertiary/aromatic N) is 3. The number of rotatable bonds is 2. The highest BCUT2D eigenvalue weighted by Crippen LogP contribution is 2.38. The van der Waals surface area contributed by atoms with Gasteiger partial charge in [-0.15, -0.1) is 0 Å². The van der Waals surface area contributed by atoms with Gasteiger partial charge in [0.2, 0.25) is 0 Å². The number of aromatic nitrogens is 3. The number of alkyl halides is 3. The Kier molecular flexibility index (Phi) is 4.56. The minimum Gasteiger partial charge on any atom is -0.228 e. The van der Waals surface area contributed by atoms with Crippen molar-refractivity contribution in [1.82, 2.24) is 14.8 Å². The highest BCUT2D eigenvalue weighted by Gasteiger charge is 2.35. The molecule has 0 atom stereocenters. The molecule has 0 saturated carbocycles. The van der Waals surface area contributed by atoms with Gasteiger partial charge in [0.15, 0.2) is 5.65 Å². The monoisotopic (exact) mass is 421 g/mol. The third kappa shape index (κ3) is 3.34. The van der Waals surface area contributed by atoms with Crippen LogP contribution in [0, 0.1) is 6.92 Å². The molecule has 0 aliphatic carbocycles. The highest BCUT2D eigenvalue weighted by atomic mass is 35.5. The first-order valence-corrected chi connectivity index (χ1v) is 8.99. The Morgan fingerprint density at radius 3 is 2.04 bits per heavy atom. The van der Waals surface area contributed by atoms with Crippen molar-refractivity contribution >= 4 is 34.2 Å². The fourth-order valence-electron chi connectivity index (χ4n) is 3.04. The number of hydrogen-bond donors (Lipinski definition) is 0. The molecule has 0 bridgehead atoms. The fraction of sp³-hybridized carbons (Fsp3) is 0.100.